The van der Waals surface area contributed by atoms with Gasteiger partial charge >= 0.3 is 0 Å². The Balaban J connectivity index is 2.75. The molecule has 0 saturated carbocycles. The van der Waals surface area contributed by atoms with Crippen molar-refractivity contribution in [2.75, 3.05) is 26.2 Å². The van der Waals surface area contributed by atoms with Gasteiger partial charge in [-0.15, -0.1) is 0 Å². The summed E-state index contributed by atoms with van der Waals surface area (Å²) in [5.74, 6) is 1.49. The molecule has 0 bridgehead atoms. The lowest BCUT2D eigenvalue weighted by molar-refractivity contribution is 0.0445. The fraction of sp³-hybridized carbons (Fsp3) is 1.00. The Morgan fingerprint density at radius 1 is 0.944 bits per heavy atom. The Bertz CT molecular complexity index is 240. The van der Waals surface area contributed by atoms with E-state index in [1.807, 2.05) is 0 Å². The molecule has 0 amide bonds. The largest absolute Gasteiger partial charge is 0.316 e. The lowest BCUT2D eigenvalue weighted by Gasteiger charge is -2.45. The summed E-state index contributed by atoms with van der Waals surface area (Å²) in [6.45, 7) is 21.4. The molecule has 0 aliphatic carbocycles. The van der Waals surface area contributed by atoms with Gasteiger partial charge in [-0.2, -0.15) is 0 Å². The SMILES string of the molecule is CC1CNCC(C)CN(C(C)(C)CC(C)(C)C)C1. The fourth-order valence-corrected chi connectivity index (χ4v) is 3.44. The van der Waals surface area contributed by atoms with E-state index in [0.717, 1.165) is 24.9 Å². The van der Waals surface area contributed by atoms with Crippen LogP contribution in [0.5, 0.6) is 0 Å². The van der Waals surface area contributed by atoms with Crippen LogP contribution >= 0.6 is 0 Å². The molecule has 0 spiro atoms. The highest BCUT2D eigenvalue weighted by Crippen LogP contribution is 2.32. The maximum Gasteiger partial charge on any atom is 0.0158 e. The van der Waals surface area contributed by atoms with Gasteiger partial charge in [-0.25, -0.2) is 0 Å². The predicted molar refractivity (Wildman–Crippen MR) is 80.9 cm³/mol. The quantitative estimate of drug-likeness (QED) is 0.813. The Morgan fingerprint density at radius 3 is 1.78 bits per heavy atom. The topological polar surface area (TPSA) is 15.3 Å². The van der Waals surface area contributed by atoms with Crippen LogP contribution in [0.3, 0.4) is 0 Å². The van der Waals surface area contributed by atoms with Gasteiger partial charge in [0, 0.05) is 18.6 Å². The van der Waals surface area contributed by atoms with E-state index in [9.17, 15) is 0 Å². The van der Waals surface area contributed by atoms with E-state index in [4.69, 9.17) is 0 Å². The predicted octanol–water partition coefficient (Wildman–Crippen LogP) is 3.38. The number of nitrogens with one attached hydrogen (secondary N) is 1. The Morgan fingerprint density at radius 2 is 1.39 bits per heavy atom. The summed E-state index contributed by atoms with van der Waals surface area (Å²) in [6.07, 6.45) is 1.26. The van der Waals surface area contributed by atoms with E-state index in [0.29, 0.717) is 11.0 Å². The van der Waals surface area contributed by atoms with Crippen LogP contribution in [0.4, 0.5) is 0 Å². The second-order valence-corrected chi connectivity index (χ2v) is 8.32. The lowest BCUT2D eigenvalue weighted by atomic mass is 9.80. The average Bonchev–Trinajstić information content (AvgIpc) is 2.09. The molecule has 1 aliphatic heterocycles. The molecule has 0 aromatic rings. The van der Waals surface area contributed by atoms with E-state index < -0.39 is 0 Å². The monoisotopic (exact) mass is 254 g/mol. The minimum absolute atomic E-state index is 0.304. The highest BCUT2D eigenvalue weighted by Gasteiger charge is 2.33. The van der Waals surface area contributed by atoms with Crippen LogP contribution in [0.2, 0.25) is 0 Å². The maximum atomic E-state index is 3.58. The van der Waals surface area contributed by atoms with Gasteiger partial charge in [0.2, 0.25) is 0 Å². The van der Waals surface area contributed by atoms with E-state index in [-0.39, 0.29) is 0 Å². The molecular weight excluding hydrogens is 220 g/mol. The third kappa shape index (κ3) is 5.27. The highest BCUT2D eigenvalue weighted by molar-refractivity contribution is 4.89. The minimum atomic E-state index is 0.304. The highest BCUT2D eigenvalue weighted by atomic mass is 15.2. The third-order valence-electron chi connectivity index (χ3n) is 3.87. The lowest BCUT2D eigenvalue weighted by Crippen LogP contribution is -2.53. The molecule has 2 heteroatoms. The molecule has 108 valence electrons. The van der Waals surface area contributed by atoms with Crippen LogP contribution in [0.25, 0.3) is 0 Å². The van der Waals surface area contributed by atoms with Gasteiger partial charge in [0.15, 0.2) is 0 Å². The number of hydrogen-bond donors (Lipinski definition) is 1. The van der Waals surface area contributed by atoms with Gasteiger partial charge < -0.3 is 5.32 Å². The second-order valence-electron chi connectivity index (χ2n) is 8.32. The third-order valence-corrected chi connectivity index (χ3v) is 3.87. The van der Waals surface area contributed by atoms with E-state index in [1.54, 1.807) is 0 Å². The van der Waals surface area contributed by atoms with Crippen molar-refractivity contribution in [3.8, 4) is 0 Å². The summed E-state index contributed by atoms with van der Waals surface area (Å²) < 4.78 is 0. The molecule has 18 heavy (non-hydrogen) atoms. The van der Waals surface area contributed by atoms with Crippen LogP contribution < -0.4 is 5.32 Å². The Hall–Kier alpha value is -0.0800. The zero-order valence-corrected chi connectivity index (χ0v) is 13.6. The molecule has 1 rings (SSSR count). The fourth-order valence-electron chi connectivity index (χ4n) is 3.44. The van der Waals surface area contributed by atoms with E-state index >= 15 is 0 Å². The standard InChI is InChI=1S/C16H34N2/c1-13-8-17-9-14(2)11-18(10-13)16(6,7)12-15(3,4)5/h13-14,17H,8-12H2,1-7H3. The molecule has 1 saturated heterocycles. The molecule has 2 atom stereocenters. The van der Waals surface area contributed by atoms with Crippen molar-refractivity contribution >= 4 is 0 Å². The first-order valence-corrected chi connectivity index (χ1v) is 7.56. The van der Waals surface area contributed by atoms with Gasteiger partial charge in [-0.1, -0.05) is 34.6 Å². The van der Waals surface area contributed by atoms with E-state index in [2.05, 4.69) is 58.7 Å². The van der Waals surface area contributed by atoms with Crippen molar-refractivity contribution in [1.82, 2.24) is 10.2 Å². The van der Waals surface area contributed by atoms with Crippen molar-refractivity contribution in [1.29, 1.82) is 0 Å². The van der Waals surface area contributed by atoms with Crippen LogP contribution in [-0.4, -0.2) is 36.6 Å². The summed E-state index contributed by atoms with van der Waals surface area (Å²) in [5.41, 5.74) is 0.703. The Labute approximate surface area is 115 Å². The Kier molecular flexibility index (Phi) is 5.25. The first-order valence-electron chi connectivity index (χ1n) is 7.56. The molecule has 0 aromatic carbocycles. The van der Waals surface area contributed by atoms with Crippen molar-refractivity contribution in [3.63, 3.8) is 0 Å². The summed E-state index contributed by atoms with van der Waals surface area (Å²) in [5, 5.41) is 3.58. The smallest absolute Gasteiger partial charge is 0.0158 e. The number of nitrogens with zero attached hydrogens (tertiary/aromatic N) is 1. The zero-order valence-electron chi connectivity index (χ0n) is 13.6. The second kappa shape index (κ2) is 5.92. The van der Waals surface area contributed by atoms with Gasteiger partial charge in [-0.05, 0) is 50.6 Å². The first-order chi connectivity index (χ1) is 8.10. The van der Waals surface area contributed by atoms with Crippen LogP contribution in [0.1, 0.15) is 54.9 Å². The summed E-state index contributed by atoms with van der Waals surface area (Å²) >= 11 is 0. The van der Waals surface area contributed by atoms with Crippen LogP contribution in [0.15, 0.2) is 0 Å². The zero-order chi connectivity index (χ0) is 14.0. The molecule has 1 N–H and O–H groups in total. The van der Waals surface area contributed by atoms with E-state index in [1.165, 1.54) is 19.5 Å². The van der Waals surface area contributed by atoms with Gasteiger partial charge in [0.1, 0.15) is 0 Å². The van der Waals surface area contributed by atoms with Crippen molar-refractivity contribution in [2.24, 2.45) is 17.3 Å². The summed E-state index contributed by atoms with van der Waals surface area (Å²) in [7, 11) is 0. The molecular formula is C16H34N2. The summed E-state index contributed by atoms with van der Waals surface area (Å²) in [6, 6.07) is 0. The van der Waals surface area contributed by atoms with Crippen molar-refractivity contribution in [2.45, 2.75) is 60.4 Å². The van der Waals surface area contributed by atoms with Crippen molar-refractivity contribution < 1.29 is 0 Å². The molecule has 0 aromatic heterocycles. The first kappa shape index (κ1) is 16.0. The molecule has 1 aliphatic rings. The van der Waals surface area contributed by atoms with Gasteiger partial charge in [0.25, 0.3) is 0 Å². The van der Waals surface area contributed by atoms with Crippen LogP contribution in [-0.2, 0) is 0 Å². The molecule has 2 nitrogen and oxygen atoms in total. The molecule has 1 fully saturated rings. The number of hydrogen-bond acceptors (Lipinski definition) is 2. The van der Waals surface area contributed by atoms with Crippen LogP contribution in [0, 0.1) is 17.3 Å². The van der Waals surface area contributed by atoms with Crippen molar-refractivity contribution in [3.05, 3.63) is 0 Å². The molecule has 1 heterocycles. The number of rotatable bonds is 2. The van der Waals surface area contributed by atoms with Gasteiger partial charge in [0.05, 0.1) is 0 Å². The molecule has 0 radical (unpaired) electrons. The summed E-state index contributed by atoms with van der Waals surface area (Å²) in [4.78, 5) is 2.73. The molecule has 2 unspecified atom stereocenters. The minimum Gasteiger partial charge on any atom is -0.316 e. The van der Waals surface area contributed by atoms with Gasteiger partial charge in [-0.3, -0.25) is 4.90 Å². The normalized spacial score (nSPS) is 28.8. The maximum absolute atomic E-state index is 3.58. The average molecular weight is 254 g/mol.